The molecule has 0 radical (unpaired) electrons. The third kappa shape index (κ3) is 3.52. The molecule has 1 N–H and O–H groups in total. The minimum absolute atomic E-state index is 0.0125. The number of amides is 3. The molecule has 2 saturated heterocycles. The fraction of sp³-hybridized carbons (Fsp3) is 0.333. The van der Waals surface area contributed by atoms with E-state index in [4.69, 9.17) is 0 Å². The highest BCUT2D eigenvalue weighted by molar-refractivity contribution is 5.97. The van der Waals surface area contributed by atoms with Crippen molar-refractivity contribution in [2.75, 3.05) is 29.9 Å². The second kappa shape index (κ2) is 6.68. The molecule has 0 saturated carbocycles. The molecule has 1 spiro atoms. The second-order valence-corrected chi connectivity index (χ2v) is 7.61. The number of likely N-dealkylation sites (tertiary alicyclic amines) is 1. The smallest absolute Gasteiger partial charge is 0.321 e. The monoisotopic (exact) mass is 367 g/mol. The van der Waals surface area contributed by atoms with Gasteiger partial charge in [0.25, 0.3) is 0 Å². The molecular formula is C21H22FN3O2. The van der Waals surface area contributed by atoms with Crippen LogP contribution in [0.4, 0.5) is 20.6 Å². The molecule has 4 rings (SSSR count). The van der Waals surface area contributed by atoms with E-state index in [1.807, 2.05) is 31.2 Å². The van der Waals surface area contributed by atoms with Crippen LogP contribution in [0.5, 0.6) is 0 Å². The van der Waals surface area contributed by atoms with Crippen molar-refractivity contribution in [2.24, 2.45) is 5.41 Å². The molecule has 2 aliphatic rings. The number of rotatable bonds is 2. The van der Waals surface area contributed by atoms with E-state index in [1.165, 1.54) is 12.1 Å². The van der Waals surface area contributed by atoms with E-state index in [0.717, 1.165) is 17.7 Å². The van der Waals surface area contributed by atoms with E-state index in [0.29, 0.717) is 31.7 Å². The van der Waals surface area contributed by atoms with Crippen LogP contribution in [0.2, 0.25) is 0 Å². The Morgan fingerprint density at radius 1 is 1.15 bits per heavy atom. The highest BCUT2D eigenvalue weighted by Crippen LogP contribution is 2.42. The maximum atomic E-state index is 13.5. The number of carbonyl (C=O) groups excluding carboxylic acids is 2. The van der Waals surface area contributed by atoms with Gasteiger partial charge in [0.15, 0.2) is 0 Å². The summed E-state index contributed by atoms with van der Waals surface area (Å²) < 4.78 is 13.5. The van der Waals surface area contributed by atoms with Crippen LogP contribution < -0.4 is 10.2 Å². The Kier molecular flexibility index (Phi) is 4.34. The summed E-state index contributed by atoms with van der Waals surface area (Å²) in [7, 11) is 0. The molecule has 2 fully saturated rings. The highest BCUT2D eigenvalue weighted by Gasteiger charge is 2.48. The maximum Gasteiger partial charge on any atom is 0.321 e. The number of nitrogens with one attached hydrogen (secondary N) is 1. The average molecular weight is 367 g/mol. The van der Waals surface area contributed by atoms with Gasteiger partial charge in [0.2, 0.25) is 5.91 Å². The lowest BCUT2D eigenvalue weighted by Gasteiger charge is -2.24. The average Bonchev–Trinajstić information content (AvgIpc) is 3.18. The van der Waals surface area contributed by atoms with E-state index in [-0.39, 0.29) is 23.2 Å². The topological polar surface area (TPSA) is 52.7 Å². The first-order chi connectivity index (χ1) is 12.9. The van der Waals surface area contributed by atoms with Crippen molar-refractivity contribution in [3.05, 3.63) is 59.9 Å². The van der Waals surface area contributed by atoms with Crippen LogP contribution in [-0.2, 0) is 4.79 Å². The Hall–Kier alpha value is -2.89. The molecule has 140 valence electrons. The summed E-state index contributed by atoms with van der Waals surface area (Å²) in [6, 6.07) is 13.6. The lowest BCUT2D eigenvalue weighted by atomic mass is 9.86. The maximum absolute atomic E-state index is 13.5. The van der Waals surface area contributed by atoms with Crippen molar-refractivity contribution in [3.8, 4) is 0 Å². The van der Waals surface area contributed by atoms with Crippen molar-refractivity contribution in [1.29, 1.82) is 0 Å². The van der Waals surface area contributed by atoms with Crippen molar-refractivity contribution >= 4 is 23.3 Å². The number of nitrogens with zero attached hydrogens (tertiary/aromatic N) is 2. The largest absolute Gasteiger partial charge is 0.324 e. The molecule has 2 aromatic rings. The molecule has 0 unspecified atom stereocenters. The first kappa shape index (κ1) is 17.5. The lowest BCUT2D eigenvalue weighted by Crippen LogP contribution is -2.36. The van der Waals surface area contributed by atoms with Crippen LogP contribution in [0.15, 0.2) is 48.5 Å². The van der Waals surface area contributed by atoms with Crippen LogP contribution in [0, 0.1) is 18.2 Å². The van der Waals surface area contributed by atoms with Gasteiger partial charge in [-0.1, -0.05) is 18.2 Å². The highest BCUT2D eigenvalue weighted by atomic mass is 19.1. The lowest BCUT2D eigenvalue weighted by molar-refractivity contribution is -0.117. The van der Waals surface area contributed by atoms with Crippen LogP contribution in [-0.4, -0.2) is 36.5 Å². The number of aryl methyl sites for hydroxylation is 1. The third-order valence-electron chi connectivity index (χ3n) is 5.44. The van der Waals surface area contributed by atoms with E-state index in [1.54, 1.807) is 21.9 Å². The third-order valence-corrected chi connectivity index (χ3v) is 5.44. The fourth-order valence-corrected chi connectivity index (χ4v) is 4.08. The minimum atomic E-state index is -0.355. The fourth-order valence-electron chi connectivity index (χ4n) is 4.08. The number of urea groups is 1. The molecule has 6 heteroatoms. The standard InChI is InChI=1S/C21H22FN3O2/c1-15-4-2-6-17(10-15)23-20(27)24-9-8-21(13-24)12-19(26)25(14-21)18-7-3-5-16(22)11-18/h2-7,10-11H,8-9,12-14H2,1H3,(H,23,27)/t21-/m0/s1. The van der Waals surface area contributed by atoms with E-state index in [9.17, 15) is 14.0 Å². The summed E-state index contributed by atoms with van der Waals surface area (Å²) in [5.74, 6) is -0.367. The summed E-state index contributed by atoms with van der Waals surface area (Å²) >= 11 is 0. The molecule has 0 bridgehead atoms. The molecule has 0 aliphatic carbocycles. The van der Waals surface area contributed by atoms with Gasteiger partial charge in [0.05, 0.1) is 0 Å². The van der Waals surface area contributed by atoms with Gasteiger partial charge >= 0.3 is 6.03 Å². The van der Waals surface area contributed by atoms with Gasteiger partial charge < -0.3 is 15.1 Å². The zero-order valence-corrected chi connectivity index (χ0v) is 15.2. The summed E-state index contributed by atoms with van der Waals surface area (Å²) in [5.41, 5.74) is 2.18. The summed E-state index contributed by atoms with van der Waals surface area (Å²) in [4.78, 5) is 28.6. The summed E-state index contributed by atoms with van der Waals surface area (Å²) in [6.07, 6.45) is 1.16. The summed E-state index contributed by atoms with van der Waals surface area (Å²) in [5, 5.41) is 2.93. The first-order valence-electron chi connectivity index (χ1n) is 9.13. The van der Waals surface area contributed by atoms with Crippen LogP contribution in [0.1, 0.15) is 18.4 Å². The second-order valence-electron chi connectivity index (χ2n) is 7.61. The van der Waals surface area contributed by atoms with Crippen molar-refractivity contribution in [3.63, 3.8) is 0 Å². The SMILES string of the molecule is Cc1cccc(NC(=O)N2CC[C@]3(CC(=O)N(c4cccc(F)c4)C3)C2)c1. The van der Waals surface area contributed by atoms with E-state index >= 15 is 0 Å². The van der Waals surface area contributed by atoms with Crippen molar-refractivity contribution < 1.29 is 14.0 Å². The molecule has 0 aromatic heterocycles. The Balaban J connectivity index is 1.44. The number of anilines is 2. The van der Waals surface area contributed by atoms with Gasteiger partial charge in [-0.3, -0.25) is 4.79 Å². The van der Waals surface area contributed by atoms with Gasteiger partial charge in [-0.2, -0.15) is 0 Å². The summed E-state index contributed by atoms with van der Waals surface area (Å²) in [6.45, 7) is 3.64. The number of hydrogen-bond donors (Lipinski definition) is 1. The zero-order valence-electron chi connectivity index (χ0n) is 15.2. The Morgan fingerprint density at radius 3 is 2.74 bits per heavy atom. The van der Waals surface area contributed by atoms with Crippen LogP contribution >= 0.6 is 0 Å². The Bertz CT molecular complexity index is 901. The van der Waals surface area contributed by atoms with Crippen LogP contribution in [0.25, 0.3) is 0 Å². The quantitative estimate of drug-likeness (QED) is 0.878. The number of hydrogen-bond acceptors (Lipinski definition) is 2. The number of carbonyl (C=O) groups is 2. The number of benzene rings is 2. The van der Waals surface area contributed by atoms with Gasteiger partial charge in [-0.25, -0.2) is 9.18 Å². The normalized spacial score (nSPS) is 21.9. The van der Waals surface area contributed by atoms with Gasteiger partial charge in [0.1, 0.15) is 5.82 Å². The predicted octanol–water partition coefficient (Wildman–Crippen LogP) is 3.80. The van der Waals surface area contributed by atoms with Gasteiger partial charge in [0, 0.05) is 42.8 Å². The molecule has 1 atom stereocenters. The van der Waals surface area contributed by atoms with E-state index in [2.05, 4.69) is 5.32 Å². The van der Waals surface area contributed by atoms with Crippen molar-refractivity contribution in [1.82, 2.24) is 4.90 Å². The molecule has 2 heterocycles. The molecule has 27 heavy (non-hydrogen) atoms. The first-order valence-corrected chi connectivity index (χ1v) is 9.13. The van der Waals surface area contributed by atoms with Crippen molar-refractivity contribution in [2.45, 2.75) is 19.8 Å². The molecule has 5 nitrogen and oxygen atoms in total. The molecular weight excluding hydrogens is 345 g/mol. The molecule has 3 amide bonds. The predicted molar refractivity (Wildman–Crippen MR) is 102 cm³/mol. The molecule has 2 aromatic carbocycles. The van der Waals surface area contributed by atoms with E-state index < -0.39 is 0 Å². The minimum Gasteiger partial charge on any atom is -0.324 e. The van der Waals surface area contributed by atoms with Gasteiger partial charge in [-0.05, 0) is 49.2 Å². The van der Waals surface area contributed by atoms with Crippen LogP contribution in [0.3, 0.4) is 0 Å². The Morgan fingerprint density at radius 2 is 1.96 bits per heavy atom. The van der Waals surface area contributed by atoms with Gasteiger partial charge in [-0.15, -0.1) is 0 Å². The molecule has 2 aliphatic heterocycles. The Labute approximate surface area is 157 Å². The zero-order chi connectivity index (χ0) is 19.0. The number of halogens is 1.